The summed E-state index contributed by atoms with van der Waals surface area (Å²) >= 11 is 1.25. The third-order valence-electron chi connectivity index (χ3n) is 3.76. The molecular weight excluding hydrogens is 335 g/mol. The highest BCUT2D eigenvalue weighted by Gasteiger charge is 2.23. The van der Waals surface area contributed by atoms with Gasteiger partial charge in [-0.05, 0) is 58.4 Å². The number of hydrogen-bond acceptors (Lipinski definition) is 3. The van der Waals surface area contributed by atoms with Crippen LogP contribution in [0.1, 0.15) is 5.56 Å². The Labute approximate surface area is 148 Å². The molecule has 25 heavy (non-hydrogen) atoms. The van der Waals surface area contributed by atoms with E-state index in [4.69, 9.17) is 0 Å². The van der Waals surface area contributed by atoms with Crippen molar-refractivity contribution in [2.45, 2.75) is 0 Å². The highest BCUT2D eigenvalue weighted by molar-refractivity contribution is 8.18. The summed E-state index contributed by atoms with van der Waals surface area (Å²) in [7, 11) is 0. The first-order valence-corrected chi connectivity index (χ1v) is 8.53. The van der Waals surface area contributed by atoms with Gasteiger partial charge in [-0.2, -0.15) is 0 Å². The molecule has 0 saturated carbocycles. The Morgan fingerprint density at radius 3 is 2.64 bits per heavy atom. The minimum atomic E-state index is -0.331. The van der Waals surface area contributed by atoms with Gasteiger partial charge in [-0.1, -0.05) is 42.5 Å². The summed E-state index contributed by atoms with van der Waals surface area (Å²) in [6.07, 6.45) is 1.66. The van der Waals surface area contributed by atoms with Crippen LogP contribution in [0.2, 0.25) is 0 Å². The summed E-state index contributed by atoms with van der Waals surface area (Å²) in [5.74, 6) is -0.559. The molecule has 1 heterocycles. The lowest BCUT2D eigenvalue weighted by Crippen LogP contribution is -2.19. The van der Waals surface area contributed by atoms with Crippen molar-refractivity contribution in [3.63, 3.8) is 0 Å². The number of fused-ring (bicyclic) bond motifs is 1. The molecule has 122 valence electrons. The molecule has 0 aliphatic carbocycles. The number of amidine groups is 1. The van der Waals surface area contributed by atoms with Crippen LogP contribution in [0.3, 0.4) is 0 Å². The Hall–Kier alpha value is -2.92. The van der Waals surface area contributed by atoms with Crippen LogP contribution in [0.5, 0.6) is 0 Å². The lowest BCUT2D eigenvalue weighted by atomic mass is 10.1. The zero-order chi connectivity index (χ0) is 17.2. The van der Waals surface area contributed by atoms with Crippen LogP contribution >= 0.6 is 11.8 Å². The maximum atomic E-state index is 13.3. The average Bonchev–Trinajstić information content (AvgIpc) is 2.94. The van der Waals surface area contributed by atoms with Crippen LogP contribution in [-0.2, 0) is 4.79 Å². The van der Waals surface area contributed by atoms with Crippen LogP contribution < -0.4 is 5.32 Å². The van der Waals surface area contributed by atoms with E-state index in [1.165, 1.54) is 23.9 Å². The number of carbonyl (C=O) groups is 1. The number of carbonyl (C=O) groups excluding carboxylic acids is 1. The molecule has 0 unspecified atom stereocenters. The van der Waals surface area contributed by atoms with Gasteiger partial charge in [-0.3, -0.25) is 4.79 Å². The van der Waals surface area contributed by atoms with Gasteiger partial charge in [0.2, 0.25) is 0 Å². The number of amides is 1. The average molecular weight is 348 g/mol. The van der Waals surface area contributed by atoms with Gasteiger partial charge in [0, 0.05) is 0 Å². The van der Waals surface area contributed by atoms with E-state index in [1.54, 1.807) is 18.2 Å². The summed E-state index contributed by atoms with van der Waals surface area (Å²) in [6.45, 7) is 0. The maximum absolute atomic E-state index is 13.3. The monoisotopic (exact) mass is 348 g/mol. The van der Waals surface area contributed by atoms with Crippen LogP contribution in [0, 0.1) is 5.82 Å². The molecule has 5 heteroatoms. The van der Waals surface area contributed by atoms with Crippen molar-refractivity contribution in [2.24, 2.45) is 4.99 Å². The van der Waals surface area contributed by atoms with E-state index >= 15 is 0 Å². The number of thioether (sulfide) groups is 1. The highest BCUT2D eigenvalue weighted by atomic mass is 32.2. The van der Waals surface area contributed by atoms with Gasteiger partial charge in [-0.25, -0.2) is 9.38 Å². The van der Waals surface area contributed by atoms with Gasteiger partial charge in [0.05, 0.1) is 10.6 Å². The van der Waals surface area contributed by atoms with Crippen LogP contribution in [0.4, 0.5) is 10.1 Å². The lowest BCUT2D eigenvalue weighted by Gasteiger charge is -2.00. The third-order valence-corrected chi connectivity index (χ3v) is 4.67. The molecule has 0 radical (unpaired) electrons. The molecule has 1 amide bonds. The molecule has 1 aliphatic heterocycles. The van der Waals surface area contributed by atoms with Crippen molar-refractivity contribution in [3.05, 3.63) is 83.0 Å². The van der Waals surface area contributed by atoms with Gasteiger partial charge < -0.3 is 5.32 Å². The van der Waals surface area contributed by atoms with Gasteiger partial charge in [-0.15, -0.1) is 0 Å². The van der Waals surface area contributed by atoms with E-state index in [-0.39, 0.29) is 11.7 Å². The van der Waals surface area contributed by atoms with E-state index < -0.39 is 0 Å². The zero-order valence-corrected chi connectivity index (χ0v) is 13.9. The van der Waals surface area contributed by atoms with Gasteiger partial charge in [0.15, 0.2) is 5.17 Å². The number of hydrogen-bond donors (Lipinski definition) is 1. The van der Waals surface area contributed by atoms with E-state index in [9.17, 15) is 9.18 Å². The fraction of sp³-hybridized carbons (Fsp3) is 0. The Morgan fingerprint density at radius 2 is 1.80 bits per heavy atom. The largest absolute Gasteiger partial charge is 0.300 e. The normalized spacial score (nSPS) is 17.4. The first-order valence-electron chi connectivity index (χ1n) is 7.71. The summed E-state index contributed by atoms with van der Waals surface area (Å²) in [6, 6.07) is 20.0. The Kier molecular flexibility index (Phi) is 4.07. The molecule has 0 atom stereocenters. The molecule has 4 rings (SSSR count). The smallest absolute Gasteiger partial charge is 0.264 e. The number of nitrogens with zero attached hydrogens (tertiary/aromatic N) is 1. The van der Waals surface area contributed by atoms with Crippen molar-refractivity contribution in [1.82, 2.24) is 5.32 Å². The zero-order valence-electron chi connectivity index (χ0n) is 13.1. The van der Waals surface area contributed by atoms with Gasteiger partial charge in [0.25, 0.3) is 5.91 Å². The fourth-order valence-electron chi connectivity index (χ4n) is 2.59. The summed E-state index contributed by atoms with van der Waals surface area (Å²) in [4.78, 5) is 17.1. The second-order valence-electron chi connectivity index (χ2n) is 5.57. The molecule has 3 aromatic rings. The summed E-state index contributed by atoms with van der Waals surface area (Å²) in [5, 5.41) is 5.50. The van der Waals surface area contributed by atoms with E-state index in [1.807, 2.05) is 42.5 Å². The minimum absolute atomic E-state index is 0.228. The van der Waals surface area contributed by atoms with Crippen molar-refractivity contribution >= 4 is 45.4 Å². The van der Waals surface area contributed by atoms with Gasteiger partial charge in [0.1, 0.15) is 5.82 Å². The molecule has 1 N–H and O–H groups in total. The molecule has 1 saturated heterocycles. The molecule has 1 aliphatic rings. The minimum Gasteiger partial charge on any atom is -0.300 e. The fourth-order valence-corrected chi connectivity index (χ4v) is 3.43. The Balaban J connectivity index is 1.61. The summed E-state index contributed by atoms with van der Waals surface area (Å²) in [5.41, 5.74) is 1.41. The highest BCUT2D eigenvalue weighted by Crippen LogP contribution is 2.29. The van der Waals surface area contributed by atoms with Crippen molar-refractivity contribution in [3.8, 4) is 0 Å². The van der Waals surface area contributed by atoms with Crippen LogP contribution in [-0.4, -0.2) is 11.1 Å². The molecule has 3 aromatic carbocycles. The molecule has 3 nitrogen and oxygen atoms in total. The Morgan fingerprint density at radius 1 is 0.960 bits per heavy atom. The second kappa shape index (κ2) is 6.53. The Bertz CT molecular complexity index is 1040. The van der Waals surface area contributed by atoms with Crippen molar-refractivity contribution in [2.75, 3.05) is 0 Å². The first-order chi connectivity index (χ1) is 12.2. The number of aliphatic imine (C=N–C) groups is 1. The second-order valence-corrected chi connectivity index (χ2v) is 6.60. The van der Waals surface area contributed by atoms with E-state index in [0.717, 1.165) is 16.5 Å². The van der Waals surface area contributed by atoms with Crippen molar-refractivity contribution in [1.29, 1.82) is 0 Å². The molecule has 0 spiro atoms. The lowest BCUT2D eigenvalue weighted by molar-refractivity contribution is -0.115. The van der Waals surface area contributed by atoms with Gasteiger partial charge >= 0.3 is 0 Å². The number of nitrogens with one attached hydrogen (secondary N) is 1. The molecule has 0 bridgehead atoms. The summed E-state index contributed by atoms with van der Waals surface area (Å²) < 4.78 is 13.3. The van der Waals surface area contributed by atoms with E-state index in [0.29, 0.717) is 15.6 Å². The quantitative estimate of drug-likeness (QED) is 0.671. The number of benzene rings is 3. The standard InChI is InChI=1S/C20H13FN2OS/c21-16-7-3-4-13(10-16)11-18-19(24)23-20(25-18)22-17-9-8-14-5-1-2-6-15(14)12-17/h1-12H,(H,22,23,24). The molecule has 1 fully saturated rings. The topological polar surface area (TPSA) is 41.5 Å². The van der Waals surface area contributed by atoms with E-state index in [2.05, 4.69) is 10.3 Å². The number of rotatable bonds is 2. The third kappa shape index (κ3) is 3.46. The number of halogens is 1. The predicted molar refractivity (Wildman–Crippen MR) is 101 cm³/mol. The molecular formula is C20H13FN2OS. The molecule has 0 aromatic heterocycles. The van der Waals surface area contributed by atoms with Crippen LogP contribution in [0.25, 0.3) is 16.8 Å². The van der Waals surface area contributed by atoms with Crippen LogP contribution in [0.15, 0.2) is 76.6 Å². The maximum Gasteiger partial charge on any atom is 0.264 e. The first kappa shape index (κ1) is 15.6. The predicted octanol–water partition coefficient (Wildman–Crippen LogP) is 4.87. The van der Waals surface area contributed by atoms with Crippen molar-refractivity contribution < 1.29 is 9.18 Å². The SMILES string of the molecule is O=C1NC(=Nc2ccc3ccccc3c2)SC1=Cc1cccc(F)c1.